The Morgan fingerprint density at radius 3 is 2.28 bits per heavy atom. The Kier molecular flexibility index (Phi) is 5.68. The summed E-state index contributed by atoms with van der Waals surface area (Å²) in [7, 11) is 0. The van der Waals surface area contributed by atoms with Gasteiger partial charge in [-0.25, -0.2) is 22.0 Å². The molecule has 0 spiro atoms. The van der Waals surface area contributed by atoms with E-state index < -0.39 is 47.2 Å². The van der Waals surface area contributed by atoms with Crippen LogP contribution in [0.5, 0.6) is 0 Å². The molecule has 1 amide bonds. The summed E-state index contributed by atoms with van der Waals surface area (Å²) in [6.45, 7) is 1.19. The van der Waals surface area contributed by atoms with Crippen molar-refractivity contribution in [2.24, 2.45) is 5.16 Å². The molecule has 0 unspecified atom stereocenters. The Labute approximate surface area is 138 Å². The molecule has 25 heavy (non-hydrogen) atoms. The van der Waals surface area contributed by atoms with E-state index in [1.54, 1.807) is 18.2 Å². The molecule has 4 nitrogen and oxygen atoms in total. The largest absolute Gasteiger partial charge is 0.386 e. The lowest BCUT2D eigenvalue weighted by Gasteiger charge is -2.05. The normalized spacial score (nSPS) is 11.0. The zero-order chi connectivity index (χ0) is 18.6. The van der Waals surface area contributed by atoms with Crippen LogP contribution in [0.25, 0.3) is 0 Å². The second kappa shape index (κ2) is 7.73. The second-order valence-electron chi connectivity index (χ2n) is 4.91. The SMILES string of the molecule is Cc1cccc(NC(=O)CO/N=C\c2c(F)c(F)c(F)c(F)c2F)c1. The van der Waals surface area contributed by atoms with Crippen LogP contribution in [0.3, 0.4) is 0 Å². The standard InChI is InChI=1S/C16H11F5N2O2/c1-8-3-2-4-9(5-8)23-11(24)7-25-22-6-10-12(17)14(19)16(21)15(20)13(10)18/h2-6H,7H2,1H3,(H,23,24)/b22-6-. The number of aryl methyl sites for hydroxylation is 1. The van der Waals surface area contributed by atoms with Gasteiger partial charge >= 0.3 is 0 Å². The van der Waals surface area contributed by atoms with E-state index >= 15 is 0 Å². The predicted molar refractivity (Wildman–Crippen MR) is 79.6 cm³/mol. The van der Waals surface area contributed by atoms with Crippen LogP contribution in [0.2, 0.25) is 0 Å². The molecule has 2 aromatic rings. The molecule has 0 bridgehead atoms. The van der Waals surface area contributed by atoms with Crippen molar-refractivity contribution in [1.29, 1.82) is 0 Å². The van der Waals surface area contributed by atoms with E-state index in [1.165, 1.54) is 0 Å². The summed E-state index contributed by atoms with van der Waals surface area (Å²) in [6.07, 6.45) is 0.302. The van der Waals surface area contributed by atoms with Crippen LogP contribution >= 0.6 is 0 Å². The number of amides is 1. The van der Waals surface area contributed by atoms with Crippen LogP contribution in [-0.2, 0) is 9.63 Å². The second-order valence-corrected chi connectivity index (χ2v) is 4.91. The number of benzene rings is 2. The van der Waals surface area contributed by atoms with Crippen molar-refractivity contribution in [3.8, 4) is 0 Å². The van der Waals surface area contributed by atoms with Crippen molar-refractivity contribution in [1.82, 2.24) is 0 Å². The minimum Gasteiger partial charge on any atom is -0.386 e. The minimum atomic E-state index is -2.27. The third-order valence-electron chi connectivity index (χ3n) is 3.00. The average molecular weight is 358 g/mol. The molecule has 9 heteroatoms. The smallest absolute Gasteiger partial charge is 0.265 e. The van der Waals surface area contributed by atoms with Crippen molar-refractivity contribution in [2.45, 2.75) is 6.92 Å². The Hall–Kier alpha value is -2.97. The van der Waals surface area contributed by atoms with Gasteiger partial charge in [0.25, 0.3) is 5.91 Å². The Bertz CT molecular complexity index is 811. The lowest BCUT2D eigenvalue weighted by atomic mass is 10.2. The first-order valence-corrected chi connectivity index (χ1v) is 6.84. The van der Waals surface area contributed by atoms with Gasteiger partial charge in [0, 0.05) is 5.69 Å². The van der Waals surface area contributed by atoms with Crippen molar-refractivity contribution in [3.05, 3.63) is 64.5 Å². The number of halogens is 5. The third kappa shape index (κ3) is 4.31. The quantitative estimate of drug-likeness (QED) is 0.291. The zero-order valence-electron chi connectivity index (χ0n) is 12.7. The zero-order valence-corrected chi connectivity index (χ0v) is 12.7. The van der Waals surface area contributed by atoms with E-state index in [4.69, 9.17) is 0 Å². The first kappa shape index (κ1) is 18.4. The summed E-state index contributed by atoms with van der Waals surface area (Å²) in [5.74, 6) is -11.2. The highest BCUT2D eigenvalue weighted by molar-refractivity contribution is 5.91. The van der Waals surface area contributed by atoms with E-state index in [0.717, 1.165) is 5.56 Å². The third-order valence-corrected chi connectivity index (χ3v) is 3.00. The molecule has 0 fully saturated rings. The number of nitrogens with one attached hydrogen (secondary N) is 1. The van der Waals surface area contributed by atoms with Crippen molar-refractivity contribution in [2.75, 3.05) is 11.9 Å². The lowest BCUT2D eigenvalue weighted by molar-refractivity contribution is -0.120. The van der Waals surface area contributed by atoms with Crippen molar-refractivity contribution in [3.63, 3.8) is 0 Å². The number of rotatable bonds is 5. The van der Waals surface area contributed by atoms with E-state index in [2.05, 4.69) is 15.3 Å². The minimum absolute atomic E-state index is 0.302. The fourth-order valence-corrected chi connectivity index (χ4v) is 1.84. The van der Waals surface area contributed by atoms with Crippen LogP contribution in [0.15, 0.2) is 29.4 Å². The summed E-state index contributed by atoms with van der Waals surface area (Å²) in [6, 6.07) is 6.85. The molecule has 0 atom stereocenters. The summed E-state index contributed by atoms with van der Waals surface area (Å²) < 4.78 is 65.6. The molecule has 0 aliphatic heterocycles. The van der Waals surface area contributed by atoms with Gasteiger partial charge in [-0.1, -0.05) is 17.3 Å². The highest BCUT2D eigenvalue weighted by Crippen LogP contribution is 2.21. The summed E-state index contributed by atoms with van der Waals surface area (Å²) in [4.78, 5) is 16.1. The molecule has 132 valence electrons. The molecule has 0 radical (unpaired) electrons. The topological polar surface area (TPSA) is 50.7 Å². The average Bonchev–Trinajstić information content (AvgIpc) is 2.57. The van der Waals surface area contributed by atoms with Gasteiger partial charge in [0.1, 0.15) is 0 Å². The number of nitrogens with zero attached hydrogens (tertiary/aromatic N) is 1. The maximum atomic E-state index is 13.4. The molecule has 2 aromatic carbocycles. The van der Waals surface area contributed by atoms with Gasteiger partial charge in [0.15, 0.2) is 29.9 Å². The van der Waals surface area contributed by atoms with Gasteiger partial charge < -0.3 is 10.2 Å². The van der Waals surface area contributed by atoms with Crippen molar-refractivity contribution >= 4 is 17.8 Å². The molecule has 0 saturated carbocycles. The maximum absolute atomic E-state index is 13.4. The highest BCUT2D eigenvalue weighted by atomic mass is 19.2. The molecule has 0 aliphatic carbocycles. The van der Waals surface area contributed by atoms with Crippen LogP contribution in [0.4, 0.5) is 27.6 Å². The molecule has 2 rings (SSSR count). The molecule has 1 N–H and O–H groups in total. The number of oxime groups is 1. The monoisotopic (exact) mass is 358 g/mol. The Morgan fingerprint density at radius 1 is 1.08 bits per heavy atom. The maximum Gasteiger partial charge on any atom is 0.265 e. The number of carbonyl (C=O) groups is 1. The van der Waals surface area contributed by atoms with Gasteiger partial charge in [-0.15, -0.1) is 0 Å². The van der Waals surface area contributed by atoms with Crippen LogP contribution in [0.1, 0.15) is 11.1 Å². The van der Waals surface area contributed by atoms with E-state index in [1.807, 2.05) is 13.0 Å². The molecule has 0 aromatic heterocycles. The molecule has 0 saturated heterocycles. The van der Waals surface area contributed by atoms with E-state index in [9.17, 15) is 26.7 Å². The summed E-state index contributed by atoms with van der Waals surface area (Å²) >= 11 is 0. The predicted octanol–water partition coefficient (Wildman–Crippen LogP) is 3.68. The molecular weight excluding hydrogens is 347 g/mol. The number of hydrogen-bond acceptors (Lipinski definition) is 3. The van der Waals surface area contributed by atoms with Crippen molar-refractivity contribution < 1.29 is 31.6 Å². The van der Waals surface area contributed by atoms with Gasteiger partial charge in [0.2, 0.25) is 5.82 Å². The Morgan fingerprint density at radius 2 is 1.68 bits per heavy atom. The molecular formula is C16H11F5N2O2. The van der Waals surface area contributed by atoms with E-state index in [0.29, 0.717) is 11.9 Å². The summed E-state index contributed by atoms with van der Waals surface area (Å²) in [5.41, 5.74) is 0.135. The fraction of sp³-hybridized carbons (Fsp3) is 0.125. The van der Waals surface area contributed by atoms with Crippen LogP contribution in [-0.4, -0.2) is 18.7 Å². The first-order chi connectivity index (χ1) is 11.8. The number of anilines is 1. The van der Waals surface area contributed by atoms with E-state index in [-0.39, 0.29) is 0 Å². The fourth-order valence-electron chi connectivity index (χ4n) is 1.84. The Balaban J connectivity index is 1.99. The first-order valence-electron chi connectivity index (χ1n) is 6.84. The van der Waals surface area contributed by atoms with Gasteiger partial charge in [-0.05, 0) is 24.6 Å². The molecule has 0 aliphatic rings. The van der Waals surface area contributed by atoms with Crippen LogP contribution < -0.4 is 5.32 Å². The summed E-state index contributed by atoms with van der Waals surface area (Å²) in [5, 5.41) is 5.53. The lowest BCUT2D eigenvalue weighted by Crippen LogP contribution is -2.17. The number of carbonyl (C=O) groups excluding carboxylic acids is 1. The van der Waals surface area contributed by atoms with Gasteiger partial charge in [-0.3, -0.25) is 4.79 Å². The molecule has 0 heterocycles. The highest BCUT2D eigenvalue weighted by Gasteiger charge is 2.24. The van der Waals surface area contributed by atoms with Crippen LogP contribution in [0, 0.1) is 36.0 Å². The van der Waals surface area contributed by atoms with Gasteiger partial charge in [-0.2, -0.15) is 0 Å². The number of hydrogen-bond donors (Lipinski definition) is 1. The van der Waals surface area contributed by atoms with Gasteiger partial charge in [0.05, 0.1) is 11.8 Å².